The molecular formula is C19H25N3O5S2. The Bertz CT molecular complexity index is 1080. The maximum Gasteiger partial charge on any atom is 0.238 e. The molecule has 0 saturated carbocycles. The molecule has 0 unspecified atom stereocenters. The van der Waals surface area contributed by atoms with E-state index in [-0.39, 0.29) is 9.79 Å². The summed E-state index contributed by atoms with van der Waals surface area (Å²) in [5.41, 5.74) is 2.51. The number of morpholine rings is 1. The van der Waals surface area contributed by atoms with Crippen LogP contribution in [0.5, 0.6) is 0 Å². The Kier molecular flexibility index (Phi) is 6.59. The lowest BCUT2D eigenvalue weighted by Gasteiger charge is -2.27. The minimum atomic E-state index is -4.00. The Hall–Kier alpha value is -1.98. The van der Waals surface area contributed by atoms with Crippen molar-refractivity contribution >= 4 is 25.5 Å². The van der Waals surface area contributed by atoms with Crippen molar-refractivity contribution in [1.29, 1.82) is 0 Å². The number of sulfonamides is 1. The summed E-state index contributed by atoms with van der Waals surface area (Å²) in [4.78, 5) is 1.97. The van der Waals surface area contributed by atoms with E-state index in [0.717, 1.165) is 43.1 Å². The average molecular weight is 440 g/mol. The molecule has 8 nitrogen and oxygen atoms in total. The number of ether oxygens (including phenoxy) is 1. The lowest BCUT2D eigenvalue weighted by Crippen LogP contribution is -2.35. The molecule has 158 valence electrons. The van der Waals surface area contributed by atoms with Gasteiger partial charge in [0.25, 0.3) is 0 Å². The number of sulfone groups is 1. The largest absolute Gasteiger partial charge is 0.380 e. The van der Waals surface area contributed by atoms with Crippen molar-refractivity contribution in [1.82, 2.24) is 4.90 Å². The van der Waals surface area contributed by atoms with Gasteiger partial charge in [-0.2, -0.15) is 0 Å². The molecule has 3 N–H and O–H groups in total. The van der Waals surface area contributed by atoms with Crippen molar-refractivity contribution in [2.45, 2.75) is 22.9 Å². The number of hydrogen-bond acceptors (Lipinski definition) is 7. The summed E-state index contributed by atoms with van der Waals surface area (Å²) < 4.78 is 52.9. The molecule has 3 rings (SSSR count). The molecular weight excluding hydrogens is 414 g/mol. The summed E-state index contributed by atoms with van der Waals surface area (Å²) in [5.74, 6) is 0. The normalized spacial score (nSPS) is 15.9. The third kappa shape index (κ3) is 5.77. The van der Waals surface area contributed by atoms with Gasteiger partial charge in [0.15, 0.2) is 9.84 Å². The van der Waals surface area contributed by atoms with Crippen molar-refractivity contribution in [3.8, 4) is 0 Å². The molecule has 10 heteroatoms. The summed E-state index contributed by atoms with van der Waals surface area (Å²) in [7, 11) is -7.66. The van der Waals surface area contributed by atoms with Gasteiger partial charge in [0, 0.05) is 32.4 Å². The monoisotopic (exact) mass is 439 g/mol. The van der Waals surface area contributed by atoms with Gasteiger partial charge in [0.1, 0.15) is 0 Å². The van der Waals surface area contributed by atoms with E-state index in [9.17, 15) is 16.8 Å². The number of nitrogens with two attached hydrogens (primary N) is 1. The second-order valence-corrected chi connectivity index (χ2v) is 10.5. The molecule has 29 heavy (non-hydrogen) atoms. The first-order valence-electron chi connectivity index (χ1n) is 9.12. The molecule has 1 aliphatic heterocycles. The van der Waals surface area contributed by atoms with Crippen molar-refractivity contribution < 1.29 is 21.6 Å². The van der Waals surface area contributed by atoms with Crippen LogP contribution in [0.25, 0.3) is 0 Å². The van der Waals surface area contributed by atoms with Crippen molar-refractivity contribution in [3.63, 3.8) is 0 Å². The topological polar surface area (TPSA) is 119 Å². The van der Waals surface area contributed by atoms with Gasteiger partial charge in [-0.1, -0.05) is 24.3 Å². The molecule has 2 aromatic carbocycles. The maximum atomic E-state index is 12.2. The summed E-state index contributed by atoms with van der Waals surface area (Å²) in [6.45, 7) is 4.36. The van der Waals surface area contributed by atoms with Gasteiger partial charge in [-0.05, 0) is 29.3 Å². The van der Waals surface area contributed by atoms with E-state index in [2.05, 4.69) is 10.2 Å². The maximum absolute atomic E-state index is 12.2. The van der Waals surface area contributed by atoms with Gasteiger partial charge in [-0.3, -0.25) is 4.90 Å². The lowest BCUT2D eigenvalue weighted by molar-refractivity contribution is 0.0341. The first kappa shape index (κ1) is 21.7. The number of nitrogens with one attached hydrogen (secondary N) is 1. The lowest BCUT2D eigenvalue weighted by atomic mass is 10.1. The minimum absolute atomic E-state index is 0.102. The Morgan fingerprint density at radius 3 is 2.31 bits per heavy atom. The highest BCUT2D eigenvalue weighted by Crippen LogP contribution is 2.25. The quantitative estimate of drug-likeness (QED) is 0.665. The molecule has 1 fully saturated rings. The Morgan fingerprint density at radius 1 is 1.03 bits per heavy atom. The van der Waals surface area contributed by atoms with Crippen LogP contribution in [0.1, 0.15) is 11.1 Å². The number of rotatable bonds is 7. The van der Waals surface area contributed by atoms with E-state index >= 15 is 0 Å². The Balaban J connectivity index is 1.83. The highest BCUT2D eigenvalue weighted by molar-refractivity contribution is 7.91. The van der Waals surface area contributed by atoms with Gasteiger partial charge >= 0.3 is 0 Å². The molecule has 0 bridgehead atoms. The summed E-state index contributed by atoms with van der Waals surface area (Å²) >= 11 is 0. The van der Waals surface area contributed by atoms with E-state index in [4.69, 9.17) is 9.88 Å². The molecule has 0 radical (unpaired) electrons. The van der Waals surface area contributed by atoms with E-state index in [1.165, 1.54) is 12.1 Å². The minimum Gasteiger partial charge on any atom is -0.380 e. The van der Waals surface area contributed by atoms with E-state index < -0.39 is 19.9 Å². The molecule has 0 aliphatic carbocycles. The molecule has 2 aromatic rings. The van der Waals surface area contributed by atoms with Crippen LogP contribution in [-0.2, 0) is 37.7 Å². The molecule has 0 aromatic heterocycles. The van der Waals surface area contributed by atoms with Gasteiger partial charge < -0.3 is 10.1 Å². The van der Waals surface area contributed by atoms with Crippen LogP contribution in [-0.4, -0.2) is 54.3 Å². The van der Waals surface area contributed by atoms with Crippen molar-refractivity contribution in [3.05, 3.63) is 53.6 Å². The highest BCUT2D eigenvalue weighted by atomic mass is 32.2. The smallest absolute Gasteiger partial charge is 0.238 e. The Morgan fingerprint density at radius 2 is 1.69 bits per heavy atom. The van der Waals surface area contributed by atoms with Crippen LogP contribution in [0.4, 0.5) is 5.69 Å². The zero-order chi connectivity index (χ0) is 21.1. The van der Waals surface area contributed by atoms with Crippen molar-refractivity contribution in [2.24, 2.45) is 5.14 Å². The van der Waals surface area contributed by atoms with Crippen LogP contribution in [0.3, 0.4) is 0 Å². The molecule has 0 spiro atoms. The molecule has 0 amide bonds. The predicted molar refractivity (Wildman–Crippen MR) is 111 cm³/mol. The second kappa shape index (κ2) is 8.80. The zero-order valence-corrected chi connectivity index (χ0v) is 17.8. The number of benzene rings is 2. The van der Waals surface area contributed by atoms with Crippen LogP contribution in [0, 0.1) is 0 Å². The SMILES string of the molecule is CS(=O)(=O)c1cc(S(N)(=O)=O)ccc1NCc1ccccc1CN1CCOCC1. The predicted octanol–water partition coefficient (Wildman–Crippen LogP) is 1.18. The van der Waals surface area contributed by atoms with Gasteiger partial charge in [0.2, 0.25) is 10.0 Å². The number of hydrogen-bond donors (Lipinski definition) is 2. The van der Waals surface area contributed by atoms with E-state index in [0.29, 0.717) is 25.4 Å². The second-order valence-electron chi connectivity index (χ2n) is 6.99. The highest BCUT2D eigenvalue weighted by Gasteiger charge is 2.19. The van der Waals surface area contributed by atoms with Crippen LogP contribution in [0.2, 0.25) is 0 Å². The van der Waals surface area contributed by atoms with Gasteiger partial charge in [-0.25, -0.2) is 22.0 Å². The summed E-state index contributed by atoms with van der Waals surface area (Å²) in [6.07, 6.45) is 1.03. The summed E-state index contributed by atoms with van der Waals surface area (Å²) in [6, 6.07) is 11.8. The average Bonchev–Trinajstić information content (AvgIpc) is 2.66. The molecule has 1 aliphatic rings. The fourth-order valence-corrected chi connectivity index (χ4v) is 4.70. The standard InChI is InChI=1S/C19H25N3O5S2/c1-28(23,24)19-12-17(29(20,25)26)6-7-18(19)21-13-15-4-2-3-5-16(15)14-22-8-10-27-11-9-22/h2-7,12,21H,8-11,13-14H2,1H3,(H2,20,25,26). The molecule has 0 atom stereocenters. The van der Waals surface area contributed by atoms with Gasteiger partial charge in [0.05, 0.1) is 28.7 Å². The number of primary sulfonamides is 1. The fourth-order valence-electron chi connectivity index (χ4n) is 3.21. The zero-order valence-electron chi connectivity index (χ0n) is 16.2. The number of nitrogens with zero attached hydrogens (tertiary/aromatic N) is 1. The summed E-state index contributed by atoms with van der Waals surface area (Å²) in [5, 5.41) is 8.27. The third-order valence-corrected chi connectivity index (χ3v) is 6.81. The molecule has 1 heterocycles. The van der Waals surface area contributed by atoms with Crippen LogP contribution < -0.4 is 10.5 Å². The van der Waals surface area contributed by atoms with E-state index in [1.807, 2.05) is 24.3 Å². The number of anilines is 1. The Labute approximate surface area is 171 Å². The van der Waals surface area contributed by atoms with Crippen LogP contribution in [0.15, 0.2) is 52.3 Å². The first-order valence-corrected chi connectivity index (χ1v) is 12.6. The first-order chi connectivity index (χ1) is 13.6. The van der Waals surface area contributed by atoms with Crippen LogP contribution >= 0.6 is 0 Å². The molecule has 1 saturated heterocycles. The van der Waals surface area contributed by atoms with E-state index in [1.54, 1.807) is 0 Å². The fraction of sp³-hybridized carbons (Fsp3) is 0.368. The third-order valence-electron chi connectivity index (χ3n) is 4.77. The van der Waals surface area contributed by atoms with Crippen molar-refractivity contribution in [2.75, 3.05) is 37.9 Å². The van der Waals surface area contributed by atoms with Gasteiger partial charge in [-0.15, -0.1) is 0 Å².